The smallest absolute Gasteiger partial charge is 0.117 e. The number of aryl methyl sites for hydroxylation is 4. The van der Waals surface area contributed by atoms with Crippen LogP contribution in [0.3, 0.4) is 0 Å². The summed E-state index contributed by atoms with van der Waals surface area (Å²) in [6.45, 7) is 7.57. The molecule has 2 aromatic rings. The van der Waals surface area contributed by atoms with E-state index in [1.165, 1.54) is 16.1 Å². The Balaban J connectivity index is 1.77. The topological polar surface area (TPSA) is 37.8 Å². The van der Waals surface area contributed by atoms with Crippen molar-refractivity contribution < 1.29 is 0 Å². The lowest BCUT2D eigenvalue weighted by molar-refractivity contribution is 0.569. The van der Waals surface area contributed by atoms with Gasteiger partial charge in [-0.1, -0.05) is 38.1 Å². The molecule has 0 saturated carbocycles. The van der Waals surface area contributed by atoms with Crippen molar-refractivity contribution in [3.05, 3.63) is 45.4 Å². The molecule has 0 spiro atoms. The fourth-order valence-corrected chi connectivity index (χ4v) is 3.14. The van der Waals surface area contributed by atoms with Gasteiger partial charge in [-0.25, -0.2) is 0 Å². The van der Waals surface area contributed by atoms with Gasteiger partial charge in [0.05, 0.1) is 0 Å². The number of benzene rings is 1. The van der Waals surface area contributed by atoms with Crippen LogP contribution in [0.25, 0.3) is 0 Å². The van der Waals surface area contributed by atoms with Crippen LogP contribution in [0.1, 0.15) is 41.4 Å². The van der Waals surface area contributed by atoms with Crippen LogP contribution >= 0.6 is 11.3 Å². The second-order valence-electron chi connectivity index (χ2n) is 5.73. The van der Waals surface area contributed by atoms with Gasteiger partial charge in [-0.3, -0.25) is 0 Å². The third-order valence-corrected chi connectivity index (χ3v) is 4.54. The number of rotatable bonds is 8. The number of nitrogens with zero attached hydrogens (tertiary/aromatic N) is 2. The van der Waals surface area contributed by atoms with Crippen LogP contribution in [0.15, 0.2) is 24.3 Å². The first kappa shape index (κ1) is 16.1. The summed E-state index contributed by atoms with van der Waals surface area (Å²) >= 11 is 1.77. The van der Waals surface area contributed by atoms with Gasteiger partial charge >= 0.3 is 0 Å². The van der Waals surface area contributed by atoms with E-state index in [0.717, 1.165) is 37.2 Å². The molecule has 1 aromatic heterocycles. The van der Waals surface area contributed by atoms with Gasteiger partial charge in [0, 0.05) is 18.9 Å². The van der Waals surface area contributed by atoms with Crippen LogP contribution < -0.4 is 5.32 Å². The van der Waals surface area contributed by atoms with Crippen molar-refractivity contribution in [1.82, 2.24) is 15.5 Å². The van der Waals surface area contributed by atoms with Crippen LogP contribution in [0.2, 0.25) is 0 Å². The first-order chi connectivity index (χ1) is 10.1. The molecule has 0 aliphatic carbocycles. The van der Waals surface area contributed by atoms with Gasteiger partial charge < -0.3 is 5.32 Å². The first-order valence-electron chi connectivity index (χ1n) is 7.74. The third kappa shape index (κ3) is 5.56. The summed E-state index contributed by atoms with van der Waals surface area (Å²) in [6.07, 6.45) is 4.20. The highest BCUT2D eigenvalue weighted by Crippen LogP contribution is 2.16. The summed E-state index contributed by atoms with van der Waals surface area (Å²) in [5, 5.41) is 14.4. The maximum atomic E-state index is 4.32. The molecule has 1 N–H and O–H groups in total. The van der Waals surface area contributed by atoms with Gasteiger partial charge in [-0.15, -0.1) is 21.5 Å². The van der Waals surface area contributed by atoms with E-state index in [9.17, 15) is 0 Å². The predicted molar refractivity (Wildman–Crippen MR) is 90.0 cm³/mol. The predicted octanol–water partition coefficient (Wildman–Crippen LogP) is 3.56. The molecule has 0 bridgehead atoms. The minimum absolute atomic E-state index is 0.559. The second kappa shape index (κ2) is 8.25. The summed E-state index contributed by atoms with van der Waals surface area (Å²) in [4.78, 5) is 0. The highest BCUT2D eigenvalue weighted by atomic mass is 32.1. The van der Waals surface area contributed by atoms with Gasteiger partial charge in [-0.05, 0) is 37.4 Å². The molecule has 0 aliphatic heterocycles. The Morgan fingerprint density at radius 2 is 1.76 bits per heavy atom. The minimum atomic E-state index is 0.559. The van der Waals surface area contributed by atoms with E-state index in [1.807, 2.05) is 0 Å². The molecule has 1 heterocycles. The minimum Gasteiger partial charge on any atom is -0.315 e. The zero-order chi connectivity index (χ0) is 15.1. The fraction of sp³-hybridized carbons (Fsp3) is 0.529. The van der Waals surface area contributed by atoms with Crippen molar-refractivity contribution in [3.8, 4) is 0 Å². The molecule has 0 radical (unpaired) electrons. The molecule has 3 nitrogen and oxygen atoms in total. The number of hydrogen-bond donors (Lipinski definition) is 1. The largest absolute Gasteiger partial charge is 0.315 e. The van der Waals surface area contributed by atoms with E-state index < -0.39 is 0 Å². The first-order valence-corrected chi connectivity index (χ1v) is 8.56. The molecule has 114 valence electrons. The Hall–Kier alpha value is -1.26. The van der Waals surface area contributed by atoms with E-state index in [4.69, 9.17) is 0 Å². The van der Waals surface area contributed by atoms with Crippen molar-refractivity contribution in [1.29, 1.82) is 0 Å². The number of hydrogen-bond acceptors (Lipinski definition) is 4. The molecule has 2 rings (SSSR count). The van der Waals surface area contributed by atoms with Gasteiger partial charge in [0.15, 0.2) is 0 Å². The van der Waals surface area contributed by atoms with Gasteiger partial charge in [0.2, 0.25) is 0 Å². The van der Waals surface area contributed by atoms with E-state index in [1.54, 1.807) is 11.3 Å². The molecule has 0 amide bonds. The Kier molecular flexibility index (Phi) is 6.33. The van der Waals surface area contributed by atoms with Crippen molar-refractivity contribution in [2.45, 2.75) is 52.5 Å². The average molecular weight is 303 g/mol. The van der Waals surface area contributed by atoms with Crippen LogP contribution in [0.5, 0.6) is 0 Å². The molecular weight excluding hydrogens is 278 g/mol. The molecule has 4 heteroatoms. The van der Waals surface area contributed by atoms with E-state index in [0.29, 0.717) is 6.04 Å². The SMILES string of the molecule is Cc1ccccc1CCc1nnc(CCCNC(C)C)s1. The summed E-state index contributed by atoms with van der Waals surface area (Å²) in [6, 6.07) is 9.13. The second-order valence-corrected chi connectivity index (χ2v) is 6.88. The van der Waals surface area contributed by atoms with Crippen LogP contribution in [-0.4, -0.2) is 22.8 Å². The van der Waals surface area contributed by atoms with Crippen molar-refractivity contribution >= 4 is 11.3 Å². The Bertz CT molecular complexity index is 548. The van der Waals surface area contributed by atoms with Crippen molar-refractivity contribution in [2.24, 2.45) is 0 Å². The number of aromatic nitrogens is 2. The van der Waals surface area contributed by atoms with E-state index in [2.05, 4.69) is 60.6 Å². The normalized spacial score (nSPS) is 11.2. The Labute approximate surface area is 131 Å². The number of nitrogens with one attached hydrogen (secondary N) is 1. The quantitative estimate of drug-likeness (QED) is 0.758. The average Bonchev–Trinajstić information content (AvgIpc) is 2.90. The monoisotopic (exact) mass is 303 g/mol. The molecule has 1 aromatic carbocycles. The summed E-state index contributed by atoms with van der Waals surface area (Å²) in [5.74, 6) is 0. The van der Waals surface area contributed by atoms with E-state index in [-0.39, 0.29) is 0 Å². The maximum Gasteiger partial charge on any atom is 0.117 e. The van der Waals surface area contributed by atoms with Crippen molar-refractivity contribution in [2.75, 3.05) is 6.54 Å². The highest BCUT2D eigenvalue weighted by molar-refractivity contribution is 7.11. The van der Waals surface area contributed by atoms with Crippen LogP contribution in [0, 0.1) is 6.92 Å². The lowest BCUT2D eigenvalue weighted by atomic mass is 10.0. The standard InChI is InChI=1S/C17H25N3S/c1-13(2)18-12-6-9-16-19-20-17(21-16)11-10-15-8-5-4-7-14(15)3/h4-5,7-8,13,18H,6,9-12H2,1-3H3. The molecule has 0 unspecified atom stereocenters. The molecule has 0 aliphatic rings. The summed E-state index contributed by atoms with van der Waals surface area (Å²) in [5.41, 5.74) is 2.78. The van der Waals surface area contributed by atoms with Gasteiger partial charge in [-0.2, -0.15) is 0 Å². The fourth-order valence-electron chi connectivity index (χ4n) is 2.25. The lowest BCUT2D eigenvalue weighted by Crippen LogP contribution is -2.23. The lowest BCUT2D eigenvalue weighted by Gasteiger charge is -2.05. The molecule has 0 atom stereocenters. The molecule has 0 saturated heterocycles. The highest BCUT2D eigenvalue weighted by Gasteiger charge is 2.05. The maximum absolute atomic E-state index is 4.32. The third-order valence-electron chi connectivity index (χ3n) is 3.50. The molecular formula is C17H25N3S. The summed E-state index contributed by atoms with van der Waals surface area (Å²) < 4.78 is 0. The van der Waals surface area contributed by atoms with E-state index >= 15 is 0 Å². The zero-order valence-electron chi connectivity index (χ0n) is 13.2. The zero-order valence-corrected chi connectivity index (χ0v) is 14.0. The Morgan fingerprint density at radius 3 is 2.48 bits per heavy atom. The molecule has 21 heavy (non-hydrogen) atoms. The van der Waals surface area contributed by atoms with Crippen molar-refractivity contribution in [3.63, 3.8) is 0 Å². The van der Waals surface area contributed by atoms with Gasteiger partial charge in [0.25, 0.3) is 0 Å². The molecule has 0 fully saturated rings. The summed E-state index contributed by atoms with van der Waals surface area (Å²) in [7, 11) is 0. The Morgan fingerprint density at radius 1 is 1.05 bits per heavy atom. The van der Waals surface area contributed by atoms with Crippen LogP contribution in [0.4, 0.5) is 0 Å². The van der Waals surface area contributed by atoms with Gasteiger partial charge in [0.1, 0.15) is 10.0 Å². The van der Waals surface area contributed by atoms with Crippen LogP contribution in [-0.2, 0) is 19.3 Å².